The summed E-state index contributed by atoms with van der Waals surface area (Å²) in [6, 6.07) is 0.148. The predicted octanol–water partition coefficient (Wildman–Crippen LogP) is 0.168. The molecule has 0 aromatic heterocycles. The van der Waals surface area contributed by atoms with E-state index in [0.717, 1.165) is 0 Å². The van der Waals surface area contributed by atoms with Gasteiger partial charge in [0, 0.05) is 26.7 Å². The fourth-order valence-electron chi connectivity index (χ4n) is 2.12. The van der Waals surface area contributed by atoms with Crippen molar-refractivity contribution in [2.45, 2.75) is 24.7 Å². The third-order valence-electron chi connectivity index (χ3n) is 3.02. The summed E-state index contributed by atoms with van der Waals surface area (Å²) in [7, 11) is 1.61. The van der Waals surface area contributed by atoms with Gasteiger partial charge in [0.05, 0.1) is 25.4 Å². The van der Waals surface area contributed by atoms with Gasteiger partial charge >= 0.3 is 6.36 Å². The SMILES string of the molecule is COC[C@@H]1CO[C@@H](N2CC(OC(F)(F)F)C2)CN1. The van der Waals surface area contributed by atoms with Crippen LogP contribution in [0.5, 0.6) is 0 Å². The Labute approximate surface area is 103 Å². The quantitative estimate of drug-likeness (QED) is 0.788. The van der Waals surface area contributed by atoms with Crippen molar-refractivity contribution in [2.75, 3.05) is 40.0 Å². The van der Waals surface area contributed by atoms with Crippen LogP contribution in [0.2, 0.25) is 0 Å². The van der Waals surface area contributed by atoms with Gasteiger partial charge in [-0.25, -0.2) is 0 Å². The fourth-order valence-corrected chi connectivity index (χ4v) is 2.12. The van der Waals surface area contributed by atoms with Gasteiger partial charge in [-0.2, -0.15) is 0 Å². The van der Waals surface area contributed by atoms with Crippen LogP contribution in [0.15, 0.2) is 0 Å². The van der Waals surface area contributed by atoms with Crippen LogP contribution < -0.4 is 5.32 Å². The minimum Gasteiger partial charge on any atom is -0.383 e. The lowest BCUT2D eigenvalue weighted by atomic mass is 10.1. The Kier molecular flexibility index (Phi) is 4.44. The van der Waals surface area contributed by atoms with E-state index < -0.39 is 12.5 Å². The first-order valence-corrected chi connectivity index (χ1v) is 5.80. The number of likely N-dealkylation sites (tertiary alicyclic amines) is 1. The monoisotopic (exact) mass is 270 g/mol. The summed E-state index contributed by atoms with van der Waals surface area (Å²) in [4.78, 5) is 1.83. The molecule has 2 aliphatic rings. The molecule has 0 aliphatic carbocycles. The molecule has 2 rings (SSSR count). The van der Waals surface area contributed by atoms with Crippen LogP contribution in [0.3, 0.4) is 0 Å². The molecule has 0 aromatic carbocycles. The second kappa shape index (κ2) is 5.70. The molecular formula is C10H17F3N2O3. The summed E-state index contributed by atoms with van der Waals surface area (Å²) >= 11 is 0. The summed E-state index contributed by atoms with van der Waals surface area (Å²) in [5.41, 5.74) is 0. The molecular weight excluding hydrogens is 253 g/mol. The summed E-state index contributed by atoms with van der Waals surface area (Å²) in [5.74, 6) is 0. The topological polar surface area (TPSA) is 43.0 Å². The Bertz CT molecular complexity index is 264. The maximum atomic E-state index is 11.9. The van der Waals surface area contributed by atoms with Gasteiger partial charge < -0.3 is 14.8 Å². The Morgan fingerprint density at radius 3 is 2.61 bits per heavy atom. The highest BCUT2D eigenvalue weighted by Crippen LogP contribution is 2.25. The number of ether oxygens (including phenoxy) is 3. The number of morpholine rings is 1. The van der Waals surface area contributed by atoms with Crippen molar-refractivity contribution >= 4 is 0 Å². The maximum absolute atomic E-state index is 11.9. The molecule has 2 fully saturated rings. The summed E-state index contributed by atoms with van der Waals surface area (Å²) in [5, 5.41) is 3.23. The Morgan fingerprint density at radius 1 is 1.39 bits per heavy atom. The van der Waals surface area contributed by atoms with E-state index in [0.29, 0.717) is 19.8 Å². The van der Waals surface area contributed by atoms with Crippen molar-refractivity contribution in [3.05, 3.63) is 0 Å². The lowest BCUT2D eigenvalue weighted by Crippen LogP contribution is -2.63. The molecule has 0 saturated carbocycles. The second-order valence-electron chi connectivity index (χ2n) is 4.49. The highest BCUT2D eigenvalue weighted by Gasteiger charge is 2.42. The van der Waals surface area contributed by atoms with E-state index in [1.165, 1.54) is 0 Å². The Balaban J connectivity index is 1.65. The molecule has 0 unspecified atom stereocenters. The summed E-state index contributed by atoms with van der Waals surface area (Å²) in [6.07, 6.45) is -5.50. The zero-order valence-corrected chi connectivity index (χ0v) is 10.1. The molecule has 0 bridgehead atoms. The van der Waals surface area contributed by atoms with Gasteiger partial charge in [0.1, 0.15) is 6.23 Å². The normalized spacial score (nSPS) is 31.3. The van der Waals surface area contributed by atoms with E-state index in [4.69, 9.17) is 9.47 Å². The van der Waals surface area contributed by atoms with Crippen LogP contribution in [-0.4, -0.2) is 69.6 Å². The third-order valence-corrected chi connectivity index (χ3v) is 3.02. The first kappa shape index (κ1) is 14.0. The number of nitrogens with zero attached hydrogens (tertiary/aromatic N) is 1. The van der Waals surface area contributed by atoms with Crippen LogP contribution >= 0.6 is 0 Å². The van der Waals surface area contributed by atoms with Crippen molar-refractivity contribution in [2.24, 2.45) is 0 Å². The molecule has 8 heteroatoms. The number of rotatable bonds is 4. The maximum Gasteiger partial charge on any atom is 0.522 e. The van der Waals surface area contributed by atoms with Crippen molar-refractivity contribution in [1.29, 1.82) is 0 Å². The van der Waals surface area contributed by atoms with Gasteiger partial charge in [0.25, 0.3) is 0 Å². The second-order valence-corrected chi connectivity index (χ2v) is 4.49. The number of halogens is 3. The lowest BCUT2D eigenvalue weighted by Gasteiger charge is -2.45. The Morgan fingerprint density at radius 2 is 2.11 bits per heavy atom. The number of nitrogens with one attached hydrogen (secondary N) is 1. The van der Waals surface area contributed by atoms with E-state index in [1.54, 1.807) is 7.11 Å². The Hall–Kier alpha value is -0.410. The lowest BCUT2D eigenvalue weighted by molar-refractivity contribution is -0.359. The molecule has 0 aromatic rings. The predicted molar refractivity (Wildman–Crippen MR) is 55.9 cm³/mol. The standard InChI is InChI=1S/C10H17F3N2O3/c1-16-5-7-6-17-9(2-14-7)15-3-8(4-15)18-10(11,12)13/h7-9,14H,2-6H2,1H3/t7-,9-/m1/s1. The summed E-state index contributed by atoms with van der Waals surface area (Å²) in [6.45, 7) is 2.15. The van der Waals surface area contributed by atoms with Crippen LogP contribution in [-0.2, 0) is 14.2 Å². The van der Waals surface area contributed by atoms with E-state index in [-0.39, 0.29) is 25.4 Å². The van der Waals surface area contributed by atoms with Crippen molar-refractivity contribution in [1.82, 2.24) is 10.2 Å². The van der Waals surface area contributed by atoms with Gasteiger partial charge in [-0.05, 0) is 0 Å². The average molecular weight is 270 g/mol. The average Bonchev–Trinajstić information content (AvgIpc) is 2.23. The van der Waals surface area contributed by atoms with Crippen LogP contribution in [0, 0.1) is 0 Å². The number of hydrogen-bond donors (Lipinski definition) is 1. The van der Waals surface area contributed by atoms with Crippen LogP contribution in [0.25, 0.3) is 0 Å². The van der Waals surface area contributed by atoms with E-state index in [9.17, 15) is 13.2 Å². The minimum absolute atomic E-state index is 0.148. The molecule has 18 heavy (non-hydrogen) atoms. The molecule has 0 spiro atoms. The van der Waals surface area contributed by atoms with Crippen LogP contribution in [0.4, 0.5) is 13.2 Å². The van der Waals surface area contributed by atoms with Crippen molar-refractivity contribution < 1.29 is 27.4 Å². The molecule has 0 amide bonds. The minimum atomic E-state index is -4.55. The summed E-state index contributed by atoms with van der Waals surface area (Å²) < 4.78 is 50.3. The molecule has 2 heterocycles. The zero-order valence-electron chi connectivity index (χ0n) is 10.1. The molecule has 0 radical (unpaired) electrons. The molecule has 2 atom stereocenters. The van der Waals surface area contributed by atoms with Gasteiger partial charge in [0.2, 0.25) is 0 Å². The van der Waals surface area contributed by atoms with Gasteiger partial charge in [0.15, 0.2) is 0 Å². The highest BCUT2D eigenvalue weighted by atomic mass is 19.4. The van der Waals surface area contributed by atoms with E-state index in [2.05, 4.69) is 10.1 Å². The van der Waals surface area contributed by atoms with Gasteiger partial charge in [-0.15, -0.1) is 13.2 Å². The zero-order chi connectivity index (χ0) is 13.2. The molecule has 2 saturated heterocycles. The number of methoxy groups -OCH3 is 1. The fraction of sp³-hybridized carbons (Fsp3) is 1.00. The molecule has 5 nitrogen and oxygen atoms in total. The van der Waals surface area contributed by atoms with Crippen LogP contribution in [0.1, 0.15) is 0 Å². The van der Waals surface area contributed by atoms with Crippen molar-refractivity contribution in [3.8, 4) is 0 Å². The van der Waals surface area contributed by atoms with E-state index in [1.807, 2.05) is 4.90 Å². The first-order valence-electron chi connectivity index (χ1n) is 5.80. The van der Waals surface area contributed by atoms with E-state index >= 15 is 0 Å². The van der Waals surface area contributed by atoms with Crippen molar-refractivity contribution in [3.63, 3.8) is 0 Å². The number of hydrogen-bond acceptors (Lipinski definition) is 5. The first-order chi connectivity index (χ1) is 8.48. The largest absolute Gasteiger partial charge is 0.522 e. The molecule has 1 N–H and O–H groups in total. The molecule has 2 aliphatic heterocycles. The highest BCUT2D eigenvalue weighted by molar-refractivity contribution is 4.86. The smallest absolute Gasteiger partial charge is 0.383 e. The van der Waals surface area contributed by atoms with Gasteiger partial charge in [-0.3, -0.25) is 9.64 Å². The number of alkyl halides is 3. The van der Waals surface area contributed by atoms with Gasteiger partial charge in [-0.1, -0.05) is 0 Å². The molecule has 106 valence electrons. The third kappa shape index (κ3) is 3.79.